The van der Waals surface area contributed by atoms with Crippen LogP contribution < -0.4 is 10.1 Å². The number of piperazine rings is 1. The van der Waals surface area contributed by atoms with Crippen LogP contribution >= 0.6 is 0 Å². The second kappa shape index (κ2) is 6.28. The van der Waals surface area contributed by atoms with Crippen molar-refractivity contribution in [2.75, 3.05) is 26.2 Å². The van der Waals surface area contributed by atoms with Crippen LogP contribution in [-0.4, -0.2) is 36.9 Å². The molecule has 26 heavy (non-hydrogen) atoms. The lowest BCUT2D eigenvalue weighted by atomic mass is 10.1. The van der Waals surface area contributed by atoms with Crippen LogP contribution in [0.1, 0.15) is 11.1 Å². The Morgan fingerprint density at radius 1 is 1.00 bits per heavy atom. The lowest BCUT2D eigenvalue weighted by Crippen LogP contribution is -2.46. The molecule has 0 aliphatic carbocycles. The molecule has 1 saturated heterocycles. The van der Waals surface area contributed by atoms with Gasteiger partial charge in [0.1, 0.15) is 23.1 Å². The molecule has 0 spiro atoms. The van der Waals surface area contributed by atoms with Gasteiger partial charge in [0.05, 0.1) is 11.1 Å². The van der Waals surface area contributed by atoms with Gasteiger partial charge in [0.25, 0.3) is 0 Å². The van der Waals surface area contributed by atoms with Gasteiger partial charge in [-0.25, -0.2) is 9.38 Å². The van der Waals surface area contributed by atoms with Crippen LogP contribution in [0.5, 0.6) is 11.5 Å². The number of ether oxygens (including phenoxy) is 1. The van der Waals surface area contributed by atoms with Crippen molar-refractivity contribution in [2.45, 2.75) is 6.18 Å². The van der Waals surface area contributed by atoms with Crippen molar-refractivity contribution in [2.24, 2.45) is 4.99 Å². The van der Waals surface area contributed by atoms with Gasteiger partial charge in [-0.2, -0.15) is 13.2 Å². The van der Waals surface area contributed by atoms with Gasteiger partial charge in [-0.15, -0.1) is 0 Å². The molecule has 0 radical (unpaired) electrons. The molecule has 1 N–H and O–H groups in total. The number of amidine groups is 1. The first kappa shape index (κ1) is 16.8. The number of hydrogen-bond donors (Lipinski definition) is 1. The van der Waals surface area contributed by atoms with E-state index in [0.717, 1.165) is 12.1 Å². The van der Waals surface area contributed by atoms with Crippen LogP contribution in [-0.2, 0) is 6.18 Å². The van der Waals surface area contributed by atoms with Crippen molar-refractivity contribution in [3.63, 3.8) is 0 Å². The Bertz CT molecular complexity index is 873. The predicted molar refractivity (Wildman–Crippen MR) is 88.6 cm³/mol. The number of fused-ring (bicyclic) bond motifs is 2. The Morgan fingerprint density at radius 3 is 2.46 bits per heavy atom. The topological polar surface area (TPSA) is 36.9 Å². The number of aliphatic imine (C=N–C) groups is 1. The molecule has 2 aliphatic rings. The summed E-state index contributed by atoms with van der Waals surface area (Å²) in [6.07, 6.45) is -4.48. The van der Waals surface area contributed by atoms with E-state index in [-0.39, 0.29) is 17.0 Å². The zero-order valence-electron chi connectivity index (χ0n) is 13.6. The SMILES string of the molecule is Fc1ccc2c(c1)N=C(N1CCNCC1)c1cc(C(F)(F)F)ccc1O2. The first-order valence-corrected chi connectivity index (χ1v) is 8.15. The van der Waals surface area contributed by atoms with E-state index in [9.17, 15) is 17.6 Å². The highest BCUT2D eigenvalue weighted by molar-refractivity contribution is 6.04. The molecule has 136 valence electrons. The van der Waals surface area contributed by atoms with E-state index in [4.69, 9.17) is 4.74 Å². The molecule has 2 aliphatic heterocycles. The second-order valence-electron chi connectivity index (χ2n) is 6.10. The van der Waals surface area contributed by atoms with E-state index >= 15 is 0 Å². The molecule has 0 atom stereocenters. The highest BCUT2D eigenvalue weighted by atomic mass is 19.4. The average molecular weight is 365 g/mol. The van der Waals surface area contributed by atoms with Gasteiger partial charge >= 0.3 is 6.18 Å². The number of alkyl halides is 3. The highest BCUT2D eigenvalue weighted by Gasteiger charge is 2.33. The molecule has 0 unspecified atom stereocenters. The van der Waals surface area contributed by atoms with Crippen molar-refractivity contribution >= 4 is 11.5 Å². The van der Waals surface area contributed by atoms with E-state index in [1.807, 2.05) is 4.90 Å². The molecule has 0 amide bonds. The van der Waals surface area contributed by atoms with E-state index in [1.54, 1.807) is 0 Å². The van der Waals surface area contributed by atoms with E-state index < -0.39 is 17.6 Å². The zero-order valence-corrected chi connectivity index (χ0v) is 13.6. The molecular weight excluding hydrogens is 350 g/mol. The minimum atomic E-state index is -4.48. The van der Waals surface area contributed by atoms with Crippen molar-refractivity contribution in [3.8, 4) is 11.5 Å². The lowest BCUT2D eigenvalue weighted by Gasteiger charge is -2.30. The Kier molecular flexibility index (Phi) is 4.07. The third kappa shape index (κ3) is 3.12. The quantitative estimate of drug-likeness (QED) is 0.719. The van der Waals surface area contributed by atoms with Crippen molar-refractivity contribution in [1.82, 2.24) is 10.2 Å². The maximum atomic E-state index is 13.6. The number of hydrogen-bond acceptors (Lipinski definition) is 4. The molecule has 8 heteroatoms. The second-order valence-corrected chi connectivity index (χ2v) is 6.10. The van der Waals surface area contributed by atoms with E-state index in [0.29, 0.717) is 37.8 Å². The van der Waals surface area contributed by atoms with Crippen molar-refractivity contribution in [1.29, 1.82) is 0 Å². The van der Waals surface area contributed by atoms with E-state index in [2.05, 4.69) is 10.3 Å². The predicted octanol–water partition coefficient (Wildman–Crippen LogP) is 3.93. The summed E-state index contributed by atoms with van der Waals surface area (Å²) in [5.74, 6) is 0.438. The normalized spacial score (nSPS) is 16.9. The summed E-state index contributed by atoms with van der Waals surface area (Å²) in [5, 5.41) is 3.19. The standard InChI is InChI=1S/C18H15F4N3O/c19-12-2-4-16-14(10-12)24-17(25-7-5-23-6-8-25)13-9-11(18(20,21)22)1-3-15(13)26-16/h1-4,9-10,23H,5-8H2. The van der Waals surface area contributed by atoms with Crippen molar-refractivity contribution < 1.29 is 22.3 Å². The third-order valence-electron chi connectivity index (χ3n) is 4.33. The van der Waals surface area contributed by atoms with Gasteiger partial charge in [0, 0.05) is 32.2 Å². The fourth-order valence-corrected chi connectivity index (χ4v) is 3.04. The van der Waals surface area contributed by atoms with Crippen LogP contribution in [0.3, 0.4) is 0 Å². The first-order valence-electron chi connectivity index (χ1n) is 8.15. The summed E-state index contributed by atoms with van der Waals surface area (Å²) >= 11 is 0. The molecule has 0 bridgehead atoms. The third-order valence-corrected chi connectivity index (χ3v) is 4.33. The summed E-state index contributed by atoms with van der Waals surface area (Å²) in [7, 11) is 0. The smallest absolute Gasteiger partial charge is 0.416 e. The molecule has 2 heterocycles. The molecular formula is C18H15F4N3O. The van der Waals surface area contributed by atoms with Gasteiger partial charge in [0.15, 0.2) is 5.75 Å². The lowest BCUT2D eigenvalue weighted by molar-refractivity contribution is -0.137. The maximum absolute atomic E-state index is 13.6. The molecule has 2 aromatic carbocycles. The Balaban J connectivity index is 1.89. The minimum Gasteiger partial charge on any atom is -0.454 e. The van der Waals surface area contributed by atoms with Crippen molar-refractivity contribution in [3.05, 3.63) is 53.3 Å². The van der Waals surface area contributed by atoms with Crippen LogP contribution in [0.15, 0.2) is 41.4 Å². The maximum Gasteiger partial charge on any atom is 0.416 e. The van der Waals surface area contributed by atoms with Gasteiger partial charge in [-0.3, -0.25) is 0 Å². The van der Waals surface area contributed by atoms with Crippen LogP contribution in [0.2, 0.25) is 0 Å². The van der Waals surface area contributed by atoms with Gasteiger partial charge in [-0.05, 0) is 30.3 Å². The Morgan fingerprint density at radius 2 is 1.73 bits per heavy atom. The largest absolute Gasteiger partial charge is 0.454 e. The average Bonchev–Trinajstić information content (AvgIpc) is 2.77. The first-order chi connectivity index (χ1) is 12.4. The molecule has 4 nitrogen and oxygen atoms in total. The number of nitrogens with one attached hydrogen (secondary N) is 1. The highest BCUT2D eigenvalue weighted by Crippen LogP contribution is 2.40. The van der Waals surface area contributed by atoms with Gasteiger partial charge < -0.3 is 15.0 Å². The van der Waals surface area contributed by atoms with Crippen LogP contribution in [0.25, 0.3) is 0 Å². The number of benzene rings is 2. The molecule has 4 rings (SSSR count). The van der Waals surface area contributed by atoms with E-state index in [1.165, 1.54) is 24.3 Å². The minimum absolute atomic E-state index is 0.248. The Hall–Kier alpha value is -2.61. The van der Waals surface area contributed by atoms with Crippen LogP contribution in [0, 0.1) is 5.82 Å². The van der Waals surface area contributed by atoms with Gasteiger partial charge in [-0.1, -0.05) is 0 Å². The number of halogens is 4. The monoisotopic (exact) mass is 365 g/mol. The summed E-state index contributed by atoms with van der Waals surface area (Å²) in [4.78, 5) is 6.36. The fraction of sp³-hybridized carbons (Fsp3) is 0.278. The van der Waals surface area contributed by atoms with Crippen LogP contribution in [0.4, 0.5) is 23.2 Å². The zero-order chi connectivity index (χ0) is 18.3. The molecule has 2 aromatic rings. The number of rotatable bonds is 0. The summed E-state index contributed by atoms with van der Waals surface area (Å²) in [6, 6.07) is 7.17. The summed E-state index contributed by atoms with van der Waals surface area (Å²) in [5.41, 5.74) is -0.276. The van der Waals surface area contributed by atoms with Gasteiger partial charge in [0.2, 0.25) is 0 Å². The fourth-order valence-electron chi connectivity index (χ4n) is 3.04. The summed E-state index contributed by atoms with van der Waals surface area (Å²) in [6.45, 7) is 2.53. The molecule has 0 aromatic heterocycles. The molecule has 0 saturated carbocycles. The number of nitrogens with zero attached hydrogens (tertiary/aromatic N) is 2. The summed E-state index contributed by atoms with van der Waals surface area (Å²) < 4.78 is 59.0. The molecule has 1 fully saturated rings. The Labute approximate surface area is 147 Å².